The standard InChI is InChI=1S/C21H12Cl3N3O4S/c22-12-1-4-16(23)11(7-12)8-14-10-25-21(32-14)26-20(28)19-6-5-18(31-19)15-3-2-13(27(29)30)9-17(15)24/h1-7,9-10H,8H2,(H,25,26,28). The van der Waals surface area contributed by atoms with E-state index in [-0.39, 0.29) is 16.5 Å². The van der Waals surface area contributed by atoms with E-state index in [2.05, 4.69) is 10.3 Å². The molecule has 2 heterocycles. The number of non-ortho nitro benzene ring substituents is 1. The van der Waals surface area contributed by atoms with Crippen molar-refractivity contribution in [3.63, 3.8) is 0 Å². The van der Waals surface area contributed by atoms with Gasteiger partial charge < -0.3 is 4.42 Å². The Kier molecular flexibility index (Phi) is 6.48. The number of thiazole rings is 1. The molecule has 0 unspecified atom stereocenters. The summed E-state index contributed by atoms with van der Waals surface area (Å²) in [6.07, 6.45) is 2.18. The fourth-order valence-electron chi connectivity index (χ4n) is 2.89. The first kappa shape index (κ1) is 22.3. The highest BCUT2D eigenvalue weighted by Crippen LogP contribution is 2.33. The fraction of sp³-hybridized carbons (Fsp3) is 0.0476. The van der Waals surface area contributed by atoms with E-state index in [0.717, 1.165) is 10.4 Å². The highest BCUT2D eigenvalue weighted by Gasteiger charge is 2.17. The Bertz CT molecular complexity index is 1340. The Balaban J connectivity index is 1.46. The molecule has 0 radical (unpaired) electrons. The summed E-state index contributed by atoms with van der Waals surface area (Å²) in [5.41, 5.74) is 1.16. The van der Waals surface area contributed by atoms with E-state index in [1.807, 2.05) is 0 Å². The Morgan fingerprint density at radius 1 is 1.09 bits per heavy atom. The first-order chi connectivity index (χ1) is 15.3. The van der Waals surface area contributed by atoms with E-state index in [1.165, 1.54) is 35.6 Å². The third kappa shape index (κ3) is 4.94. The van der Waals surface area contributed by atoms with Gasteiger partial charge >= 0.3 is 0 Å². The number of halogens is 3. The number of rotatable bonds is 6. The average molecular weight is 509 g/mol. The van der Waals surface area contributed by atoms with Crippen LogP contribution < -0.4 is 5.32 Å². The molecule has 4 aromatic rings. The predicted molar refractivity (Wildman–Crippen MR) is 125 cm³/mol. The van der Waals surface area contributed by atoms with Crippen molar-refractivity contribution >= 4 is 62.9 Å². The molecule has 0 saturated heterocycles. The number of aromatic nitrogens is 1. The molecule has 1 N–H and O–H groups in total. The van der Waals surface area contributed by atoms with Crippen LogP contribution in [0.15, 0.2) is 59.1 Å². The van der Waals surface area contributed by atoms with Crippen molar-refractivity contribution in [2.45, 2.75) is 6.42 Å². The second-order valence-corrected chi connectivity index (χ2v) is 8.95. The molecule has 2 aromatic heterocycles. The summed E-state index contributed by atoms with van der Waals surface area (Å²) in [5.74, 6) is -0.134. The quantitative estimate of drug-likeness (QED) is 0.221. The molecule has 0 bridgehead atoms. The minimum absolute atomic E-state index is 0.0454. The monoisotopic (exact) mass is 507 g/mol. The van der Waals surface area contributed by atoms with Gasteiger partial charge in [-0.2, -0.15) is 0 Å². The van der Waals surface area contributed by atoms with E-state index < -0.39 is 10.8 Å². The van der Waals surface area contributed by atoms with Crippen LogP contribution in [-0.2, 0) is 6.42 Å². The fourth-order valence-corrected chi connectivity index (χ4v) is 4.37. The zero-order valence-electron chi connectivity index (χ0n) is 16.0. The van der Waals surface area contributed by atoms with E-state index in [9.17, 15) is 14.9 Å². The molecule has 162 valence electrons. The zero-order chi connectivity index (χ0) is 22.8. The number of carbonyl (C=O) groups is 1. The second-order valence-electron chi connectivity index (χ2n) is 6.58. The number of hydrogen-bond acceptors (Lipinski definition) is 6. The van der Waals surface area contributed by atoms with Gasteiger partial charge in [-0.25, -0.2) is 4.98 Å². The van der Waals surface area contributed by atoms with E-state index in [0.29, 0.717) is 32.9 Å². The summed E-state index contributed by atoms with van der Waals surface area (Å²) in [7, 11) is 0. The molecule has 0 spiro atoms. The number of nitro benzene ring substituents is 1. The Hall–Kier alpha value is -2.91. The number of furan rings is 1. The third-order valence-electron chi connectivity index (χ3n) is 4.41. The third-order valence-corrected chi connectivity index (χ3v) is 6.23. The van der Waals surface area contributed by atoms with Gasteiger partial charge in [-0.05, 0) is 42.0 Å². The van der Waals surface area contributed by atoms with Gasteiger partial charge in [0.05, 0.1) is 9.95 Å². The largest absolute Gasteiger partial charge is 0.451 e. The number of nitrogens with zero attached hydrogens (tertiary/aromatic N) is 2. The molecule has 0 fully saturated rings. The van der Waals surface area contributed by atoms with Crippen molar-refractivity contribution in [3.8, 4) is 11.3 Å². The van der Waals surface area contributed by atoms with Crippen molar-refractivity contribution in [3.05, 3.63) is 96.1 Å². The average Bonchev–Trinajstić information content (AvgIpc) is 3.40. The van der Waals surface area contributed by atoms with Crippen LogP contribution >= 0.6 is 46.1 Å². The lowest BCUT2D eigenvalue weighted by Gasteiger charge is -2.02. The van der Waals surface area contributed by atoms with Gasteiger partial charge in [0.15, 0.2) is 10.9 Å². The van der Waals surface area contributed by atoms with Gasteiger partial charge in [-0.3, -0.25) is 20.2 Å². The molecule has 1 amide bonds. The van der Waals surface area contributed by atoms with Crippen molar-refractivity contribution < 1.29 is 14.1 Å². The van der Waals surface area contributed by atoms with E-state index in [4.69, 9.17) is 39.2 Å². The molecule has 0 aliphatic heterocycles. The maximum atomic E-state index is 12.6. The Labute approximate surface area is 200 Å². The van der Waals surface area contributed by atoms with Crippen LogP contribution in [0.3, 0.4) is 0 Å². The molecule has 0 aliphatic carbocycles. The van der Waals surface area contributed by atoms with Gasteiger partial charge in [-0.1, -0.05) is 34.8 Å². The first-order valence-corrected chi connectivity index (χ1v) is 11.0. The maximum absolute atomic E-state index is 12.6. The summed E-state index contributed by atoms with van der Waals surface area (Å²) in [5, 5.41) is 15.3. The topological polar surface area (TPSA) is 98.3 Å². The number of carbonyl (C=O) groups excluding carboxylic acids is 1. The molecule has 2 aromatic carbocycles. The van der Waals surface area contributed by atoms with Crippen LogP contribution in [0, 0.1) is 10.1 Å². The Morgan fingerprint density at radius 3 is 2.66 bits per heavy atom. The van der Waals surface area contributed by atoms with E-state index >= 15 is 0 Å². The molecule has 7 nitrogen and oxygen atoms in total. The van der Waals surface area contributed by atoms with Crippen molar-refractivity contribution in [1.82, 2.24) is 4.98 Å². The van der Waals surface area contributed by atoms with Crippen LogP contribution in [0.5, 0.6) is 0 Å². The van der Waals surface area contributed by atoms with Crippen molar-refractivity contribution in [2.24, 2.45) is 0 Å². The molecule has 4 rings (SSSR count). The van der Waals surface area contributed by atoms with Gasteiger partial charge in [0.25, 0.3) is 11.6 Å². The van der Waals surface area contributed by atoms with Gasteiger partial charge in [0, 0.05) is 45.2 Å². The second kappa shape index (κ2) is 9.30. The summed E-state index contributed by atoms with van der Waals surface area (Å²) >= 11 is 19.7. The maximum Gasteiger partial charge on any atom is 0.293 e. The van der Waals surface area contributed by atoms with Crippen LogP contribution in [0.25, 0.3) is 11.3 Å². The molecule has 0 aliphatic rings. The van der Waals surface area contributed by atoms with E-state index in [1.54, 1.807) is 30.5 Å². The van der Waals surface area contributed by atoms with Gasteiger partial charge in [0.1, 0.15) is 5.76 Å². The smallest absolute Gasteiger partial charge is 0.293 e. The number of amides is 1. The lowest BCUT2D eigenvalue weighted by Crippen LogP contribution is -2.10. The minimum Gasteiger partial charge on any atom is -0.451 e. The van der Waals surface area contributed by atoms with Crippen molar-refractivity contribution in [1.29, 1.82) is 0 Å². The number of nitrogens with one attached hydrogen (secondary N) is 1. The highest BCUT2D eigenvalue weighted by molar-refractivity contribution is 7.15. The minimum atomic E-state index is -0.542. The van der Waals surface area contributed by atoms with Crippen LogP contribution in [0.4, 0.5) is 10.8 Å². The van der Waals surface area contributed by atoms with Crippen molar-refractivity contribution in [2.75, 3.05) is 5.32 Å². The van der Waals surface area contributed by atoms with Crippen LogP contribution in [0.1, 0.15) is 21.0 Å². The lowest BCUT2D eigenvalue weighted by atomic mass is 10.1. The molecule has 11 heteroatoms. The molecule has 0 saturated carbocycles. The van der Waals surface area contributed by atoms with Gasteiger partial charge in [-0.15, -0.1) is 11.3 Å². The Morgan fingerprint density at radius 2 is 1.91 bits per heavy atom. The molecular formula is C21H12Cl3N3O4S. The summed E-state index contributed by atoms with van der Waals surface area (Å²) in [6.45, 7) is 0. The number of anilines is 1. The number of hydrogen-bond donors (Lipinski definition) is 1. The van der Waals surface area contributed by atoms with Gasteiger partial charge in [0.2, 0.25) is 0 Å². The normalized spacial score (nSPS) is 10.8. The highest BCUT2D eigenvalue weighted by atomic mass is 35.5. The number of nitro groups is 1. The zero-order valence-corrected chi connectivity index (χ0v) is 19.1. The number of benzene rings is 2. The summed E-state index contributed by atoms with van der Waals surface area (Å²) < 4.78 is 5.59. The predicted octanol–water partition coefficient (Wildman–Crippen LogP) is 7.11. The molecule has 0 atom stereocenters. The summed E-state index contributed by atoms with van der Waals surface area (Å²) in [4.78, 5) is 28.0. The molecule has 32 heavy (non-hydrogen) atoms. The van der Waals surface area contributed by atoms with Crippen LogP contribution in [-0.4, -0.2) is 15.8 Å². The summed E-state index contributed by atoms with van der Waals surface area (Å²) in [6, 6.07) is 12.3. The molecular weight excluding hydrogens is 497 g/mol. The SMILES string of the molecule is O=C(Nc1ncc(Cc2cc(Cl)ccc2Cl)s1)c1ccc(-c2ccc([N+](=O)[O-])cc2Cl)o1. The first-order valence-electron chi connectivity index (χ1n) is 9.04. The lowest BCUT2D eigenvalue weighted by molar-refractivity contribution is -0.384. The van der Waals surface area contributed by atoms with Crippen LogP contribution in [0.2, 0.25) is 15.1 Å².